The molecule has 1 heterocycles. The van der Waals surface area contributed by atoms with Gasteiger partial charge in [0, 0.05) is 11.8 Å². The molecule has 8 heteroatoms. The van der Waals surface area contributed by atoms with Gasteiger partial charge in [-0.15, -0.1) is 0 Å². The van der Waals surface area contributed by atoms with E-state index in [4.69, 9.17) is 10.5 Å². The van der Waals surface area contributed by atoms with Gasteiger partial charge in [-0.1, -0.05) is 11.8 Å². The summed E-state index contributed by atoms with van der Waals surface area (Å²) in [5.41, 5.74) is 5.80. The summed E-state index contributed by atoms with van der Waals surface area (Å²) in [4.78, 5) is 29.6. The quantitative estimate of drug-likeness (QED) is 0.549. The molecule has 2 aromatic rings. The van der Waals surface area contributed by atoms with Gasteiger partial charge in [0.1, 0.15) is 11.6 Å². The van der Waals surface area contributed by atoms with E-state index in [2.05, 4.69) is 15.3 Å². The first-order valence-corrected chi connectivity index (χ1v) is 7.97. The van der Waals surface area contributed by atoms with Crippen LogP contribution in [0.4, 0.5) is 11.5 Å². The Kier molecular flexibility index (Phi) is 5.64. The number of nitrogens with one attached hydrogen (secondary N) is 2. The van der Waals surface area contributed by atoms with Crippen molar-refractivity contribution in [3.8, 4) is 5.75 Å². The highest BCUT2D eigenvalue weighted by Gasteiger charge is 2.06. The number of nitrogen functional groups attached to an aromatic ring is 1. The fourth-order valence-corrected chi connectivity index (χ4v) is 2.42. The number of nitrogens with two attached hydrogens (primary N) is 1. The topological polar surface area (TPSA) is 110 Å². The summed E-state index contributed by atoms with van der Waals surface area (Å²) in [5, 5.41) is 3.07. The fraction of sp³-hybridized carbons (Fsp3) is 0.267. The van der Waals surface area contributed by atoms with Crippen LogP contribution in [0, 0.1) is 0 Å². The molecule has 0 unspecified atom stereocenters. The molecular formula is C15H18N4O3S. The smallest absolute Gasteiger partial charge is 0.253 e. The van der Waals surface area contributed by atoms with Crippen LogP contribution in [-0.2, 0) is 4.79 Å². The summed E-state index contributed by atoms with van der Waals surface area (Å²) < 4.78 is 5.53. The summed E-state index contributed by atoms with van der Waals surface area (Å²) in [5.74, 6) is 0.764. The third-order valence-corrected chi connectivity index (χ3v) is 3.46. The first-order chi connectivity index (χ1) is 10.9. The zero-order valence-corrected chi connectivity index (χ0v) is 13.6. The van der Waals surface area contributed by atoms with Crippen LogP contribution in [0.15, 0.2) is 40.3 Å². The van der Waals surface area contributed by atoms with Crippen molar-refractivity contribution in [2.24, 2.45) is 0 Å². The lowest BCUT2D eigenvalue weighted by Crippen LogP contribution is -2.15. The molecule has 4 N–H and O–H groups in total. The van der Waals surface area contributed by atoms with E-state index in [0.29, 0.717) is 10.8 Å². The van der Waals surface area contributed by atoms with Crippen LogP contribution < -0.4 is 21.3 Å². The lowest BCUT2D eigenvalue weighted by molar-refractivity contribution is -0.113. The van der Waals surface area contributed by atoms with Gasteiger partial charge in [0.05, 0.1) is 11.9 Å². The zero-order chi connectivity index (χ0) is 16.8. The molecule has 0 aliphatic rings. The Hall–Kier alpha value is -2.48. The Labute approximate surface area is 137 Å². The molecule has 23 heavy (non-hydrogen) atoms. The molecule has 0 aliphatic heterocycles. The molecule has 7 nitrogen and oxygen atoms in total. The van der Waals surface area contributed by atoms with E-state index in [9.17, 15) is 9.59 Å². The number of anilines is 2. The number of hydrogen-bond acceptors (Lipinski definition) is 6. The minimum Gasteiger partial charge on any atom is -0.491 e. The predicted octanol–water partition coefficient (Wildman–Crippen LogP) is 1.87. The number of amides is 1. The number of ether oxygens (including phenoxy) is 1. The second-order valence-corrected chi connectivity index (χ2v) is 5.97. The highest BCUT2D eigenvalue weighted by Crippen LogP contribution is 2.18. The summed E-state index contributed by atoms with van der Waals surface area (Å²) in [6, 6.07) is 8.30. The number of thioether (sulfide) groups is 1. The molecule has 2 rings (SSSR count). The van der Waals surface area contributed by atoms with E-state index in [1.165, 1.54) is 6.07 Å². The fourth-order valence-electron chi connectivity index (χ4n) is 1.74. The number of rotatable bonds is 6. The van der Waals surface area contributed by atoms with Crippen LogP contribution in [0.1, 0.15) is 13.8 Å². The van der Waals surface area contributed by atoms with Gasteiger partial charge in [0.15, 0.2) is 5.16 Å². The van der Waals surface area contributed by atoms with Crippen LogP contribution in [0.5, 0.6) is 5.75 Å². The normalized spacial score (nSPS) is 10.6. The van der Waals surface area contributed by atoms with Crippen molar-refractivity contribution in [3.05, 3.63) is 40.7 Å². The van der Waals surface area contributed by atoms with Gasteiger partial charge in [-0.05, 0) is 38.1 Å². The Morgan fingerprint density at radius 3 is 2.70 bits per heavy atom. The van der Waals surface area contributed by atoms with Crippen molar-refractivity contribution in [3.63, 3.8) is 0 Å². The first kappa shape index (κ1) is 16.9. The van der Waals surface area contributed by atoms with Gasteiger partial charge < -0.3 is 20.8 Å². The molecule has 0 radical (unpaired) electrons. The second-order valence-electron chi connectivity index (χ2n) is 5.00. The zero-order valence-electron chi connectivity index (χ0n) is 12.8. The number of aromatic amines is 1. The van der Waals surface area contributed by atoms with Crippen molar-refractivity contribution < 1.29 is 9.53 Å². The molecule has 0 fully saturated rings. The van der Waals surface area contributed by atoms with Crippen LogP contribution in [0.25, 0.3) is 0 Å². The van der Waals surface area contributed by atoms with E-state index in [0.717, 1.165) is 17.5 Å². The number of hydrogen-bond donors (Lipinski definition) is 3. The lowest BCUT2D eigenvalue weighted by Gasteiger charge is -2.10. The number of aromatic nitrogens is 2. The number of carbonyl (C=O) groups is 1. The van der Waals surface area contributed by atoms with Crippen molar-refractivity contribution >= 4 is 29.2 Å². The molecular weight excluding hydrogens is 316 g/mol. The molecule has 0 saturated carbocycles. The van der Waals surface area contributed by atoms with Crippen molar-refractivity contribution in [2.45, 2.75) is 25.1 Å². The minimum atomic E-state index is -0.346. The van der Waals surface area contributed by atoms with Crippen LogP contribution in [0.3, 0.4) is 0 Å². The Balaban J connectivity index is 1.88. The Morgan fingerprint density at radius 2 is 2.09 bits per heavy atom. The van der Waals surface area contributed by atoms with Gasteiger partial charge in [0.25, 0.3) is 5.56 Å². The van der Waals surface area contributed by atoms with Crippen LogP contribution in [-0.4, -0.2) is 27.7 Å². The number of carbonyl (C=O) groups excluding carboxylic acids is 1. The van der Waals surface area contributed by atoms with Crippen LogP contribution >= 0.6 is 11.8 Å². The third kappa shape index (κ3) is 5.67. The van der Waals surface area contributed by atoms with Gasteiger partial charge in [-0.2, -0.15) is 0 Å². The molecule has 0 atom stereocenters. The van der Waals surface area contributed by atoms with Gasteiger partial charge in [0.2, 0.25) is 5.91 Å². The number of nitrogens with zero attached hydrogens (tertiary/aromatic N) is 1. The standard InChI is InChI=1S/C15H18N4O3S/c1-9(2)22-11-5-3-10(4-6-11)17-14(21)8-23-15-18-12(16)7-13(20)19-15/h3-7,9H,8H2,1-2H3,(H,17,21)(H3,16,18,19,20). The third-order valence-electron chi connectivity index (χ3n) is 2.59. The molecule has 1 amide bonds. The largest absolute Gasteiger partial charge is 0.491 e. The van der Waals surface area contributed by atoms with Gasteiger partial charge in [-0.25, -0.2) is 4.98 Å². The van der Waals surface area contributed by atoms with E-state index in [-0.39, 0.29) is 29.1 Å². The molecule has 0 aliphatic carbocycles. The molecule has 0 saturated heterocycles. The van der Waals surface area contributed by atoms with Crippen molar-refractivity contribution in [2.75, 3.05) is 16.8 Å². The molecule has 0 spiro atoms. The lowest BCUT2D eigenvalue weighted by atomic mass is 10.3. The van der Waals surface area contributed by atoms with E-state index in [1.807, 2.05) is 13.8 Å². The first-order valence-electron chi connectivity index (χ1n) is 6.98. The highest BCUT2D eigenvalue weighted by atomic mass is 32.2. The van der Waals surface area contributed by atoms with E-state index < -0.39 is 0 Å². The van der Waals surface area contributed by atoms with Crippen molar-refractivity contribution in [1.29, 1.82) is 0 Å². The van der Waals surface area contributed by atoms with E-state index in [1.54, 1.807) is 24.3 Å². The van der Waals surface area contributed by atoms with Gasteiger partial charge in [-0.3, -0.25) is 9.59 Å². The number of H-pyrrole nitrogens is 1. The maximum atomic E-state index is 11.9. The summed E-state index contributed by atoms with van der Waals surface area (Å²) >= 11 is 1.10. The molecule has 0 bridgehead atoms. The second kappa shape index (κ2) is 7.68. The Bertz CT molecular complexity index is 728. The predicted molar refractivity (Wildman–Crippen MR) is 90.8 cm³/mol. The number of benzene rings is 1. The molecule has 1 aromatic carbocycles. The molecule has 1 aromatic heterocycles. The maximum absolute atomic E-state index is 11.9. The van der Waals surface area contributed by atoms with E-state index >= 15 is 0 Å². The SMILES string of the molecule is CC(C)Oc1ccc(NC(=O)CSc2nc(N)cc(=O)[nH]2)cc1. The minimum absolute atomic E-state index is 0.0970. The summed E-state index contributed by atoms with van der Waals surface area (Å²) in [6.07, 6.45) is 0.0970. The average molecular weight is 334 g/mol. The van der Waals surface area contributed by atoms with Gasteiger partial charge >= 0.3 is 0 Å². The average Bonchev–Trinajstić information content (AvgIpc) is 2.46. The molecule has 122 valence electrons. The van der Waals surface area contributed by atoms with Crippen molar-refractivity contribution in [1.82, 2.24) is 9.97 Å². The monoisotopic (exact) mass is 334 g/mol. The highest BCUT2D eigenvalue weighted by molar-refractivity contribution is 7.99. The summed E-state index contributed by atoms with van der Waals surface area (Å²) in [7, 11) is 0. The summed E-state index contributed by atoms with van der Waals surface area (Å²) in [6.45, 7) is 3.89. The maximum Gasteiger partial charge on any atom is 0.253 e. The van der Waals surface area contributed by atoms with Crippen LogP contribution in [0.2, 0.25) is 0 Å². The Morgan fingerprint density at radius 1 is 1.39 bits per heavy atom.